The zero-order chi connectivity index (χ0) is 9.97. The molecule has 0 aliphatic carbocycles. The second-order valence-corrected chi connectivity index (χ2v) is 2.90. The molecule has 0 fully saturated rings. The van der Waals surface area contributed by atoms with Gasteiger partial charge in [0.2, 0.25) is 5.89 Å². The molecule has 2 aromatic rings. The minimum absolute atomic E-state index is 0.0175. The topological polar surface area (TPSA) is 70.0 Å². The van der Waals surface area contributed by atoms with Gasteiger partial charge in [-0.05, 0) is 17.7 Å². The zero-order valence-corrected chi connectivity index (χ0v) is 7.40. The minimum Gasteiger partial charge on any atom is -0.440 e. The maximum Gasteiger partial charge on any atom is 0.209 e. The molecule has 0 spiro atoms. The van der Waals surface area contributed by atoms with Crippen LogP contribution in [0.2, 0.25) is 0 Å². The van der Waals surface area contributed by atoms with Crippen LogP contribution in [-0.4, -0.2) is 10.1 Å². The number of nitrogens with zero attached hydrogens (tertiary/aromatic N) is 2. The highest BCUT2D eigenvalue weighted by atomic mass is 16.3. The summed E-state index contributed by atoms with van der Waals surface area (Å²) in [6, 6.07) is 7.23. The van der Waals surface area contributed by atoms with Crippen molar-refractivity contribution in [1.82, 2.24) is 4.98 Å². The third kappa shape index (κ3) is 1.45. The van der Waals surface area contributed by atoms with Gasteiger partial charge in [-0.1, -0.05) is 6.07 Å². The van der Waals surface area contributed by atoms with Gasteiger partial charge in [0, 0.05) is 0 Å². The summed E-state index contributed by atoms with van der Waals surface area (Å²) in [4.78, 5) is 4.11. The molecule has 70 valence electrons. The average molecular weight is 188 g/mol. The van der Waals surface area contributed by atoms with Crippen molar-refractivity contribution in [3.63, 3.8) is 0 Å². The molecule has 0 saturated carbocycles. The van der Waals surface area contributed by atoms with Crippen molar-refractivity contribution >= 4 is 11.1 Å². The van der Waals surface area contributed by atoms with Crippen molar-refractivity contribution in [1.29, 1.82) is 5.26 Å². The molecule has 4 nitrogen and oxygen atoms in total. The number of oxazole rings is 1. The van der Waals surface area contributed by atoms with E-state index >= 15 is 0 Å². The largest absolute Gasteiger partial charge is 0.440 e. The zero-order valence-electron chi connectivity index (χ0n) is 7.40. The smallest absolute Gasteiger partial charge is 0.209 e. The summed E-state index contributed by atoms with van der Waals surface area (Å²) in [6.45, 7) is -0.0175. The number of nitriles is 1. The third-order valence-electron chi connectivity index (χ3n) is 1.91. The highest BCUT2D eigenvalue weighted by Crippen LogP contribution is 2.17. The third-order valence-corrected chi connectivity index (χ3v) is 1.91. The molecule has 14 heavy (non-hydrogen) atoms. The highest BCUT2D eigenvalue weighted by Gasteiger charge is 2.05. The van der Waals surface area contributed by atoms with E-state index in [1.165, 1.54) is 0 Å². The molecule has 2 rings (SSSR count). The van der Waals surface area contributed by atoms with Crippen LogP contribution in [0, 0.1) is 11.3 Å². The molecule has 0 atom stereocenters. The predicted molar refractivity (Wildman–Crippen MR) is 49.2 cm³/mol. The van der Waals surface area contributed by atoms with Gasteiger partial charge in [-0.2, -0.15) is 5.26 Å². The first-order valence-corrected chi connectivity index (χ1v) is 4.19. The highest BCUT2D eigenvalue weighted by molar-refractivity contribution is 5.73. The van der Waals surface area contributed by atoms with Crippen LogP contribution in [0.25, 0.3) is 11.1 Å². The van der Waals surface area contributed by atoms with Gasteiger partial charge in [-0.3, -0.25) is 0 Å². The fraction of sp³-hybridized carbons (Fsp3) is 0.200. The molecule has 4 heteroatoms. The maximum absolute atomic E-state index is 8.90. The Morgan fingerprint density at radius 1 is 1.50 bits per heavy atom. The number of benzene rings is 1. The fourth-order valence-corrected chi connectivity index (χ4v) is 1.26. The van der Waals surface area contributed by atoms with Crippen molar-refractivity contribution in [3.05, 3.63) is 29.7 Å². The van der Waals surface area contributed by atoms with E-state index in [-0.39, 0.29) is 13.0 Å². The lowest BCUT2D eigenvalue weighted by Crippen LogP contribution is -1.81. The van der Waals surface area contributed by atoms with E-state index in [4.69, 9.17) is 14.8 Å². The summed E-state index contributed by atoms with van der Waals surface area (Å²) in [5, 5.41) is 17.4. The Morgan fingerprint density at radius 3 is 3.07 bits per heavy atom. The van der Waals surface area contributed by atoms with E-state index in [2.05, 4.69) is 4.98 Å². The second-order valence-electron chi connectivity index (χ2n) is 2.90. The summed E-state index contributed by atoms with van der Waals surface area (Å²) < 4.78 is 5.29. The fourth-order valence-electron chi connectivity index (χ4n) is 1.26. The number of rotatable bonds is 2. The summed E-state index contributed by atoms with van der Waals surface area (Å²) in [5.74, 6) is 0.414. The van der Waals surface area contributed by atoms with Gasteiger partial charge in [0.25, 0.3) is 0 Å². The molecular formula is C10H8N2O2. The van der Waals surface area contributed by atoms with Crippen molar-refractivity contribution in [2.45, 2.75) is 13.0 Å². The van der Waals surface area contributed by atoms with Crippen LogP contribution in [0.3, 0.4) is 0 Å². The van der Waals surface area contributed by atoms with Crippen LogP contribution in [-0.2, 0) is 13.0 Å². The van der Waals surface area contributed by atoms with E-state index < -0.39 is 0 Å². The standard InChI is InChI=1S/C10H8N2O2/c11-4-3-10-12-8-5-7(6-13)1-2-9(8)14-10/h1-2,5,13H,3,6H2. The summed E-state index contributed by atoms with van der Waals surface area (Å²) in [6.07, 6.45) is 0.170. The molecule has 1 aromatic carbocycles. The second kappa shape index (κ2) is 3.48. The van der Waals surface area contributed by atoms with Crippen molar-refractivity contribution in [3.8, 4) is 6.07 Å². The van der Waals surface area contributed by atoms with Crippen molar-refractivity contribution < 1.29 is 9.52 Å². The lowest BCUT2D eigenvalue weighted by molar-refractivity contribution is 0.282. The predicted octanol–water partition coefficient (Wildman–Crippen LogP) is 1.39. The number of hydrogen-bond donors (Lipinski definition) is 1. The molecule has 0 amide bonds. The van der Waals surface area contributed by atoms with Gasteiger partial charge in [0.05, 0.1) is 12.7 Å². The Morgan fingerprint density at radius 2 is 2.36 bits per heavy atom. The Balaban J connectivity index is 2.50. The number of aromatic nitrogens is 1. The number of aliphatic hydroxyl groups excluding tert-OH is 1. The molecule has 1 N–H and O–H groups in total. The van der Waals surface area contributed by atoms with Crippen LogP contribution in [0.5, 0.6) is 0 Å². The normalized spacial score (nSPS) is 10.3. The lowest BCUT2D eigenvalue weighted by atomic mass is 10.2. The van der Waals surface area contributed by atoms with E-state index in [1.807, 2.05) is 6.07 Å². The first-order chi connectivity index (χ1) is 6.83. The van der Waals surface area contributed by atoms with Gasteiger partial charge in [-0.25, -0.2) is 4.98 Å². The molecule has 0 radical (unpaired) electrons. The first kappa shape index (κ1) is 8.73. The quantitative estimate of drug-likeness (QED) is 0.773. The number of aliphatic hydroxyl groups is 1. The SMILES string of the molecule is N#CCc1nc2cc(CO)ccc2o1. The molecule has 0 aliphatic heterocycles. The summed E-state index contributed by atoms with van der Waals surface area (Å²) in [7, 11) is 0. The van der Waals surface area contributed by atoms with E-state index in [1.54, 1.807) is 18.2 Å². The van der Waals surface area contributed by atoms with Crippen LogP contribution >= 0.6 is 0 Å². The van der Waals surface area contributed by atoms with Gasteiger partial charge >= 0.3 is 0 Å². The lowest BCUT2D eigenvalue weighted by Gasteiger charge is -1.92. The Bertz CT molecular complexity index is 496. The van der Waals surface area contributed by atoms with Gasteiger partial charge in [0.1, 0.15) is 11.9 Å². The van der Waals surface area contributed by atoms with Crippen LogP contribution < -0.4 is 0 Å². The molecule has 1 heterocycles. The molecule has 0 bridgehead atoms. The van der Waals surface area contributed by atoms with Crippen molar-refractivity contribution in [2.75, 3.05) is 0 Å². The first-order valence-electron chi connectivity index (χ1n) is 4.19. The van der Waals surface area contributed by atoms with Crippen LogP contribution in [0.15, 0.2) is 22.6 Å². The van der Waals surface area contributed by atoms with E-state index in [9.17, 15) is 0 Å². The molecular weight excluding hydrogens is 180 g/mol. The number of hydrogen-bond acceptors (Lipinski definition) is 4. The molecule has 0 aliphatic rings. The Hall–Kier alpha value is -1.86. The monoisotopic (exact) mass is 188 g/mol. The van der Waals surface area contributed by atoms with Gasteiger partial charge in [-0.15, -0.1) is 0 Å². The maximum atomic E-state index is 8.90. The van der Waals surface area contributed by atoms with Crippen molar-refractivity contribution in [2.24, 2.45) is 0 Å². The molecule has 0 unspecified atom stereocenters. The van der Waals surface area contributed by atoms with Gasteiger partial charge < -0.3 is 9.52 Å². The average Bonchev–Trinajstić information content (AvgIpc) is 2.59. The van der Waals surface area contributed by atoms with E-state index in [0.717, 1.165) is 5.56 Å². The van der Waals surface area contributed by atoms with E-state index in [0.29, 0.717) is 17.0 Å². The summed E-state index contributed by atoms with van der Waals surface area (Å²) in [5.41, 5.74) is 2.11. The molecule has 0 saturated heterocycles. The number of fused-ring (bicyclic) bond motifs is 1. The summed E-state index contributed by atoms with van der Waals surface area (Å²) >= 11 is 0. The van der Waals surface area contributed by atoms with Gasteiger partial charge in [0.15, 0.2) is 5.58 Å². The Labute approximate surface area is 80.4 Å². The Kier molecular flexibility index (Phi) is 2.17. The van der Waals surface area contributed by atoms with Crippen LogP contribution in [0.1, 0.15) is 11.5 Å². The van der Waals surface area contributed by atoms with Crippen LogP contribution in [0.4, 0.5) is 0 Å². The molecule has 1 aromatic heterocycles. The minimum atomic E-state index is -0.0175.